The fraction of sp³-hybridized carbons (Fsp3) is 0.0476. The van der Waals surface area contributed by atoms with Crippen LogP contribution in [-0.4, -0.2) is 22.1 Å². The second-order valence-electron chi connectivity index (χ2n) is 5.85. The molecule has 4 rings (SSSR count). The van der Waals surface area contributed by atoms with Crippen molar-refractivity contribution in [2.75, 3.05) is 12.4 Å². The van der Waals surface area contributed by atoms with Crippen molar-refractivity contribution in [2.24, 2.45) is 0 Å². The molecule has 128 valence electrons. The molecule has 0 fully saturated rings. The highest BCUT2D eigenvalue weighted by molar-refractivity contribution is 7.21. The maximum absolute atomic E-state index is 9.59. The number of thiazole rings is 1. The maximum atomic E-state index is 9.59. The molecule has 0 bridgehead atoms. The number of aromatic nitrogens is 2. The molecule has 5 heteroatoms. The van der Waals surface area contributed by atoms with Gasteiger partial charge in [0.1, 0.15) is 16.6 Å². The van der Waals surface area contributed by atoms with Gasteiger partial charge in [-0.25, -0.2) is 9.97 Å². The predicted octanol–water partition coefficient (Wildman–Crippen LogP) is 5.28. The summed E-state index contributed by atoms with van der Waals surface area (Å²) in [5.74, 6) is 1.13. The lowest BCUT2D eigenvalue weighted by molar-refractivity contribution is 0.476. The van der Waals surface area contributed by atoms with E-state index in [2.05, 4.69) is 45.6 Å². The first-order valence-corrected chi connectivity index (χ1v) is 9.05. The average Bonchev–Trinajstić information content (AvgIpc) is 3.10. The highest BCUT2D eigenvalue weighted by Crippen LogP contribution is 2.32. The van der Waals surface area contributed by atoms with E-state index in [4.69, 9.17) is 0 Å². The van der Waals surface area contributed by atoms with E-state index in [0.717, 1.165) is 37.7 Å². The molecule has 26 heavy (non-hydrogen) atoms. The molecule has 2 aromatic carbocycles. The highest BCUT2D eigenvalue weighted by Gasteiger charge is 2.06. The normalized spacial score (nSPS) is 11.3. The minimum Gasteiger partial charge on any atom is -0.508 e. The van der Waals surface area contributed by atoms with Crippen LogP contribution < -0.4 is 5.32 Å². The second-order valence-corrected chi connectivity index (χ2v) is 6.88. The number of pyridine rings is 1. The number of aromatic hydroxyl groups is 1. The van der Waals surface area contributed by atoms with Crippen LogP contribution in [0.4, 0.5) is 5.82 Å². The summed E-state index contributed by atoms with van der Waals surface area (Å²) >= 11 is 1.58. The molecule has 0 unspecified atom stereocenters. The highest BCUT2D eigenvalue weighted by atomic mass is 32.1. The van der Waals surface area contributed by atoms with Crippen LogP contribution in [0.2, 0.25) is 0 Å². The van der Waals surface area contributed by atoms with Gasteiger partial charge in [0.15, 0.2) is 0 Å². The molecule has 4 aromatic rings. The van der Waals surface area contributed by atoms with Crippen molar-refractivity contribution >= 4 is 39.5 Å². The minimum absolute atomic E-state index is 0.269. The van der Waals surface area contributed by atoms with Gasteiger partial charge in [-0.1, -0.05) is 36.4 Å². The van der Waals surface area contributed by atoms with Gasteiger partial charge < -0.3 is 10.4 Å². The van der Waals surface area contributed by atoms with Crippen molar-refractivity contribution in [3.8, 4) is 16.3 Å². The van der Waals surface area contributed by atoms with Gasteiger partial charge >= 0.3 is 0 Å². The van der Waals surface area contributed by atoms with E-state index in [1.54, 1.807) is 23.5 Å². The molecule has 0 radical (unpaired) electrons. The monoisotopic (exact) mass is 359 g/mol. The Morgan fingerprint density at radius 1 is 0.962 bits per heavy atom. The molecule has 2 heterocycles. The number of nitrogens with zero attached hydrogens (tertiary/aromatic N) is 2. The molecule has 2 aromatic heterocycles. The number of benzene rings is 2. The van der Waals surface area contributed by atoms with E-state index >= 15 is 0 Å². The van der Waals surface area contributed by atoms with Crippen LogP contribution in [0.5, 0.6) is 5.75 Å². The van der Waals surface area contributed by atoms with E-state index in [1.807, 2.05) is 37.5 Å². The van der Waals surface area contributed by atoms with Crippen LogP contribution in [0.1, 0.15) is 11.1 Å². The zero-order valence-electron chi connectivity index (χ0n) is 14.2. The lowest BCUT2D eigenvalue weighted by Crippen LogP contribution is -1.90. The largest absolute Gasteiger partial charge is 0.508 e. The fourth-order valence-electron chi connectivity index (χ4n) is 2.62. The van der Waals surface area contributed by atoms with Crippen LogP contribution in [0.3, 0.4) is 0 Å². The molecule has 0 aliphatic carbocycles. The van der Waals surface area contributed by atoms with Gasteiger partial charge in [0.2, 0.25) is 0 Å². The summed E-state index contributed by atoms with van der Waals surface area (Å²) in [7, 11) is 1.85. The zero-order chi connectivity index (χ0) is 17.9. The number of phenols is 1. The summed E-state index contributed by atoms with van der Waals surface area (Å²) in [6.07, 6.45) is 5.95. The van der Waals surface area contributed by atoms with Crippen molar-refractivity contribution in [3.63, 3.8) is 0 Å². The third-order valence-electron chi connectivity index (χ3n) is 4.04. The van der Waals surface area contributed by atoms with Crippen molar-refractivity contribution in [1.82, 2.24) is 9.97 Å². The lowest BCUT2D eigenvalue weighted by Gasteiger charge is -1.99. The molecular formula is C21H17N3OS. The first-order valence-electron chi connectivity index (χ1n) is 8.23. The summed E-state index contributed by atoms with van der Waals surface area (Å²) in [5.41, 5.74) is 4.15. The molecule has 0 aliphatic heterocycles. The number of rotatable bonds is 4. The van der Waals surface area contributed by atoms with Crippen LogP contribution in [-0.2, 0) is 0 Å². The SMILES string of the molecule is CNc1ccc(/C=C/c2ccc(-c3nc4ccc(O)cc4s3)cc2)cn1. The molecule has 0 atom stereocenters. The van der Waals surface area contributed by atoms with Gasteiger partial charge in [-0.3, -0.25) is 0 Å². The number of nitrogens with one attached hydrogen (secondary N) is 1. The lowest BCUT2D eigenvalue weighted by atomic mass is 10.1. The van der Waals surface area contributed by atoms with Crippen LogP contribution in [0.15, 0.2) is 60.8 Å². The van der Waals surface area contributed by atoms with Gasteiger partial charge in [-0.05, 0) is 41.5 Å². The van der Waals surface area contributed by atoms with Gasteiger partial charge in [0.25, 0.3) is 0 Å². The van der Waals surface area contributed by atoms with Crippen molar-refractivity contribution in [2.45, 2.75) is 0 Å². The van der Waals surface area contributed by atoms with Gasteiger partial charge in [0.05, 0.1) is 10.2 Å². The van der Waals surface area contributed by atoms with E-state index in [-0.39, 0.29) is 5.75 Å². The fourth-order valence-corrected chi connectivity index (χ4v) is 3.62. The average molecular weight is 359 g/mol. The van der Waals surface area contributed by atoms with E-state index in [1.165, 1.54) is 0 Å². The van der Waals surface area contributed by atoms with Crippen LogP contribution in [0.25, 0.3) is 32.9 Å². The molecule has 2 N–H and O–H groups in total. The summed E-state index contributed by atoms with van der Waals surface area (Å²) in [4.78, 5) is 8.94. The minimum atomic E-state index is 0.269. The Labute approximate surface area is 155 Å². The van der Waals surface area contributed by atoms with Crippen LogP contribution in [0, 0.1) is 0 Å². The first-order chi connectivity index (χ1) is 12.7. The van der Waals surface area contributed by atoms with Crippen molar-refractivity contribution in [3.05, 3.63) is 71.9 Å². The smallest absolute Gasteiger partial charge is 0.125 e. The number of hydrogen-bond donors (Lipinski definition) is 2. The number of anilines is 1. The number of hydrogen-bond acceptors (Lipinski definition) is 5. The molecule has 0 spiro atoms. The van der Waals surface area contributed by atoms with E-state index < -0.39 is 0 Å². The van der Waals surface area contributed by atoms with Crippen molar-refractivity contribution in [1.29, 1.82) is 0 Å². The predicted molar refractivity (Wildman–Crippen MR) is 109 cm³/mol. The molecule has 0 aliphatic rings. The Bertz CT molecular complexity index is 1070. The Morgan fingerprint density at radius 2 is 1.73 bits per heavy atom. The third kappa shape index (κ3) is 3.43. The molecule has 0 amide bonds. The topological polar surface area (TPSA) is 58.0 Å². The standard InChI is InChI=1S/C21H17N3OS/c1-22-20-11-6-15(13-23-20)3-2-14-4-7-16(8-5-14)21-24-18-10-9-17(25)12-19(18)26-21/h2-13,25H,1H3,(H,22,23)/b3-2+. The molecule has 0 saturated heterocycles. The summed E-state index contributed by atoms with van der Waals surface area (Å²) in [5, 5.41) is 13.6. The Hall–Kier alpha value is -3.18. The Balaban J connectivity index is 1.54. The van der Waals surface area contributed by atoms with Gasteiger partial charge in [-0.2, -0.15) is 0 Å². The Morgan fingerprint density at radius 3 is 2.46 bits per heavy atom. The zero-order valence-corrected chi connectivity index (χ0v) is 15.0. The Kier molecular flexibility index (Phi) is 4.37. The number of phenolic OH excluding ortho intramolecular Hbond substituents is 1. The van der Waals surface area contributed by atoms with E-state index in [0.29, 0.717) is 0 Å². The van der Waals surface area contributed by atoms with Gasteiger partial charge in [0, 0.05) is 18.8 Å². The molecule has 0 saturated carbocycles. The van der Waals surface area contributed by atoms with Crippen molar-refractivity contribution < 1.29 is 5.11 Å². The van der Waals surface area contributed by atoms with Gasteiger partial charge in [-0.15, -0.1) is 11.3 Å². The second kappa shape index (κ2) is 6.98. The summed E-state index contributed by atoms with van der Waals surface area (Å²) in [6.45, 7) is 0. The summed E-state index contributed by atoms with van der Waals surface area (Å²) in [6, 6.07) is 17.5. The maximum Gasteiger partial charge on any atom is 0.125 e. The first kappa shape index (κ1) is 16.3. The van der Waals surface area contributed by atoms with Crippen LogP contribution >= 0.6 is 11.3 Å². The summed E-state index contributed by atoms with van der Waals surface area (Å²) < 4.78 is 0.987. The third-order valence-corrected chi connectivity index (χ3v) is 5.11. The molecular weight excluding hydrogens is 342 g/mol. The van der Waals surface area contributed by atoms with E-state index in [9.17, 15) is 5.11 Å². The molecule has 4 nitrogen and oxygen atoms in total. The quantitative estimate of drug-likeness (QED) is 0.521. The number of fused-ring (bicyclic) bond motifs is 1.